The molecule has 1 saturated heterocycles. The highest BCUT2D eigenvalue weighted by molar-refractivity contribution is 5.91. The first-order valence-corrected chi connectivity index (χ1v) is 7.58. The van der Waals surface area contributed by atoms with Gasteiger partial charge in [-0.15, -0.1) is 0 Å². The zero-order chi connectivity index (χ0) is 13.9. The average molecular weight is 269 g/mol. The number of anilines is 1. The highest BCUT2D eigenvalue weighted by atomic mass is 15.2. The van der Waals surface area contributed by atoms with Gasteiger partial charge in [0.2, 0.25) is 0 Å². The van der Waals surface area contributed by atoms with Gasteiger partial charge in [-0.2, -0.15) is 0 Å². The summed E-state index contributed by atoms with van der Waals surface area (Å²) in [6.07, 6.45) is 4.29. The standard InChI is InChI=1S/C17H23N3/c1-13(2)20-11-8-14(9-12-20)19-17-7-3-6-16-15(17)5-4-10-18-16/h3-7,10,13-14,19H,8-9,11-12H2,1-2H3. The van der Waals surface area contributed by atoms with Gasteiger partial charge in [-0.25, -0.2) is 0 Å². The van der Waals surface area contributed by atoms with Crippen molar-refractivity contribution in [1.29, 1.82) is 0 Å². The third-order valence-corrected chi connectivity index (χ3v) is 4.27. The van der Waals surface area contributed by atoms with Gasteiger partial charge >= 0.3 is 0 Å². The Kier molecular flexibility index (Phi) is 3.88. The van der Waals surface area contributed by atoms with E-state index in [0.717, 1.165) is 5.52 Å². The average Bonchev–Trinajstić information content (AvgIpc) is 2.48. The minimum Gasteiger partial charge on any atom is -0.382 e. The van der Waals surface area contributed by atoms with Crippen LogP contribution in [0.15, 0.2) is 36.5 Å². The Bertz CT molecular complexity index is 566. The highest BCUT2D eigenvalue weighted by Gasteiger charge is 2.20. The van der Waals surface area contributed by atoms with Crippen molar-refractivity contribution in [3.63, 3.8) is 0 Å². The van der Waals surface area contributed by atoms with Crippen LogP contribution in [0.1, 0.15) is 26.7 Å². The molecule has 0 bridgehead atoms. The number of nitrogens with one attached hydrogen (secondary N) is 1. The first-order valence-electron chi connectivity index (χ1n) is 7.58. The molecule has 0 atom stereocenters. The van der Waals surface area contributed by atoms with Crippen molar-refractivity contribution in [2.24, 2.45) is 0 Å². The van der Waals surface area contributed by atoms with Gasteiger partial charge < -0.3 is 10.2 Å². The molecule has 3 nitrogen and oxygen atoms in total. The predicted molar refractivity (Wildman–Crippen MR) is 85.1 cm³/mol. The molecule has 2 aromatic rings. The molecular weight excluding hydrogens is 246 g/mol. The van der Waals surface area contributed by atoms with E-state index in [-0.39, 0.29) is 0 Å². The molecule has 0 radical (unpaired) electrons. The van der Waals surface area contributed by atoms with E-state index in [1.54, 1.807) is 0 Å². The Morgan fingerprint density at radius 1 is 1.15 bits per heavy atom. The molecule has 20 heavy (non-hydrogen) atoms. The summed E-state index contributed by atoms with van der Waals surface area (Å²) in [7, 11) is 0. The van der Waals surface area contributed by atoms with Crippen LogP contribution in [-0.2, 0) is 0 Å². The largest absolute Gasteiger partial charge is 0.382 e. The number of pyridine rings is 1. The van der Waals surface area contributed by atoms with Crippen molar-refractivity contribution < 1.29 is 0 Å². The quantitative estimate of drug-likeness (QED) is 0.924. The van der Waals surface area contributed by atoms with Gasteiger partial charge in [0.15, 0.2) is 0 Å². The Morgan fingerprint density at radius 2 is 1.95 bits per heavy atom. The maximum Gasteiger partial charge on any atom is 0.0722 e. The van der Waals surface area contributed by atoms with Gasteiger partial charge in [0.25, 0.3) is 0 Å². The van der Waals surface area contributed by atoms with E-state index in [2.05, 4.69) is 53.3 Å². The van der Waals surface area contributed by atoms with E-state index in [9.17, 15) is 0 Å². The fraction of sp³-hybridized carbons (Fsp3) is 0.471. The van der Waals surface area contributed by atoms with Gasteiger partial charge in [-0.05, 0) is 51.0 Å². The summed E-state index contributed by atoms with van der Waals surface area (Å²) < 4.78 is 0. The van der Waals surface area contributed by atoms with Crippen molar-refractivity contribution in [3.8, 4) is 0 Å². The highest BCUT2D eigenvalue weighted by Crippen LogP contribution is 2.24. The molecule has 3 rings (SSSR count). The smallest absolute Gasteiger partial charge is 0.0722 e. The molecule has 1 N–H and O–H groups in total. The number of rotatable bonds is 3. The Balaban J connectivity index is 1.72. The van der Waals surface area contributed by atoms with Crippen molar-refractivity contribution in [1.82, 2.24) is 9.88 Å². The van der Waals surface area contributed by atoms with Crippen LogP contribution in [0.2, 0.25) is 0 Å². The van der Waals surface area contributed by atoms with Crippen molar-refractivity contribution in [2.75, 3.05) is 18.4 Å². The first kappa shape index (κ1) is 13.4. The van der Waals surface area contributed by atoms with Crippen molar-refractivity contribution in [3.05, 3.63) is 36.5 Å². The monoisotopic (exact) mass is 269 g/mol. The summed E-state index contributed by atoms with van der Waals surface area (Å²) in [5, 5.41) is 4.94. The number of aromatic nitrogens is 1. The van der Waals surface area contributed by atoms with Crippen LogP contribution >= 0.6 is 0 Å². The molecule has 1 aromatic carbocycles. The molecule has 0 aliphatic carbocycles. The van der Waals surface area contributed by atoms with Gasteiger partial charge in [-0.1, -0.05) is 6.07 Å². The number of hydrogen-bond donors (Lipinski definition) is 1. The molecule has 106 valence electrons. The molecule has 1 aliphatic heterocycles. The van der Waals surface area contributed by atoms with Crippen LogP contribution in [0.3, 0.4) is 0 Å². The maximum atomic E-state index is 4.42. The van der Waals surface area contributed by atoms with E-state index in [1.165, 1.54) is 37.0 Å². The summed E-state index contributed by atoms with van der Waals surface area (Å²) in [6, 6.07) is 11.7. The minimum absolute atomic E-state index is 0.579. The zero-order valence-electron chi connectivity index (χ0n) is 12.3. The molecule has 1 aromatic heterocycles. The number of likely N-dealkylation sites (tertiary alicyclic amines) is 1. The summed E-state index contributed by atoms with van der Waals surface area (Å²) in [4.78, 5) is 6.98. The first-order chi connectivity index (χ1) is 9.74. The van der Waals surface area contributed by atoms with Crippen LogP contribution in [0, 0.1) is 0 Å². The van der Waals surface area contributed by atoms with Gasteiger partial charge in [-0.3, -0.25) is 4.98 Å². The normalized spacial score (nSPS) is 17.8. The molecule has 2 heterocycles. The third kappa shape index (κ3) is 2.78. The number of nitrogens with zero attached hydrogens (tertiary/aromatic N) is 2. The summed E-state index contributed by atoms with van der Waals surface area (Å²) >= 11 is 0. The lowest BCUT2D eigenvalue weighted by atomic mass is 10.0. The van der Waals surface area contributed by atoms with E-state index < -0.39 is 0 Å². The third-order valence-electron chi connectivity index (χ3n) is 4.27. The number of hydrogen-bond acceptors (Lipinski definition) is 3. The van der Waals surface area contributed by atoms with Gasteiger partial charge in [0.05, 0.1) is 5.52 Å². The second-order valence-electron chi connectivity index (χ2n) is 5.92. The summed E-state index contributed by atoms with van der Waals surface area (Å²) in [5.74, 6) is 0. The lowest BCUT2D eigenvalue weighted by Gasteiger charge is -2.35. The molecule has 0 unspecified atom stereocenters. The molecule has 0 spiro atoms. The van der Waals surface area contributed by atoms with Gasteiger partial charge in [0, 0.05) is 42.4 Å². The molecule has 1 aliphatic rings. The molecule has 0 amide bonds. The number of fused-ring (bicyclic) bond motifs is 1. The van der Waals surface area contributed by atoms with E-state index >= 15 is 0 Å². The van der Waals surface area contributed by atoms with Crippen LogP contribution in [-0.4, -0.2) is 35.1 Å². The van der Waals surface area contributed by atoms with Crippen LogP contribution < -0.4 is 5.32 Å². The van der Waals surface area contributed by atoms with Gasteiger partial charge in [0.1, 0.15) is 0 Å². The van der Waals surface area contributed by atoms with Crippen molar-refractivity contribution >= 4 is 16.6 Å². The van der Waals surface area contributed by atoms with E-state index in [1.807, 2.05) is 12.3 Å². The van der Waals surface area contributed by atoms with Crippen LogP contribution in [0.4, 0.5) is 5.69 Å². The lowest BCUT2D eigenvalue weighted by Crippen LogP contribution is -2.42. The lowest BCUT2D eigenvalue weighted by molar-refractivity contribution is 0.177. The minimum atomic E-state index is 0.579. The fourth-order valence-corrected chi connectivity index (χ4v) is 3.01. The maximum absolute atomic E-state index is 4.42. The number of piperidine rings is 1. The predicted octanol–water partition coefficient (Wildman–Crippen LogP) is 3.52. The SMILES string of the molecule is CC(C)N1CCC(Nc2cccc3ncccc23)CC1. The molecular formula is C17H23N3. The van der Waals surface area contributed by atoms with E-state index in [4.69, 9.17) is 0 Å². The molecule has 0 saturated carbocycles. The number of benzene rings is 1. The topological polar surface area (TPSA) is 28.2 Å². The Labute approximate surface area is 121 Å². The van der Waals surface area contributed by atoms with E-state index in [0.29, 0.717) is 12.1 Å². The molecule has 1 fully saturated rings. The fourth-order valence-electron chi connectivity index (χ4n) is 3.01. The second-order valence-corrected chi connectivity index (χ2v) is 5.92. The second kappa shape index (κ2) is 5.80. The zero-order valence-corrected chi connectivity index (χ0v) is 12.3. The Hall–Kier alpha value is -1.61. The summed E-state index contributed by atoms with van der Waals surface area (Å²) in [6.45, 7) is 6.95. The van der Waals surface area contributed by atoms with Crippen LogP contribution in [0.25, 0.3) is 10.9 Å². The van der Waals surface area contributed by atoms with Crippen molar-refractivity contribution in [2.45, 2.75) is 38.8 Å². The molecule has 3 heteroatoms. The summed E-state index contributed by atoms with van der Waals surface area (Å²) in [5.41, 5.74) is 2.29. The van der Waals surface area contributed by atoms with Crippen LogP contribution in [0.5, 0.6) is 0 Å². The Morgan fingerprint density at radius 3 is 2.70 bits per heavy atom.